The molecule has 1 fully saturated rings. The van der Waals surface area contributed by atoms with Crippen LogP contribution in [0.4, 0.5) is 0 Å². The van der Waals surface area contributed by atoms with Crippen molar-refractivity contribution < 1.29 is 9.53 Å². The van der Waals surface area contributed by atoms with E-state index in [1.807, 2.05) is 0 Å². The molecule has 0 unspecified atom stereocenters. The van der Waals surface area contributed by atoms with Crippen LogP contribution in [-0.4, -0.2) is 51.2 Å². The van der Waals surface area contributed by atoms with Crippen molar-refractivity contribution in [3.8, 4) is 0 Å². The smallest absolute Gasteiger partial charge is 0.305 e. The predicted octanol–water partition coefficient (Wildman–Crippen LogP) is 3.07. The SMILES string of the molecule is CCCCC[C@H]1[C@H](CC(=O)OC)CC[C@@H]1NCCCN(C)C. The van der Waals surface area contributed by atoms with E-state index < -0.39 is 0 Å². The minimum Gasteiger partial charge on any atom is -0.469 e. The predicted molar refractivity (Wildman–Crippen MR) is 92.0 cm³/mol. The molecule has 1 rings (SSSR count). The zero-order chi connectivity index (χ0) is 16.4. The van der Waals surface area contributed by atoms with Gasteiger partial charge in [-0.2, -0.15) is 0 Å². The van der Waals surface area contributed by atoms with Crippen molar-refractivity contribution in [2.75, 3.05) is 34.3 Å². The summed E-state index contributed by atoms with van der Waals surface area (Å²) in [5.74, 6) is 1.11. The Morgan fingerprint density at radius 1 is 1.23 bits per heavy atom. The first-order valence-electron chi connectivity index (χ1n) is 9.03. The Bertz CT molecular complexity index is 307. The van der Waals surface area contributed by atoms with Crippen LogP contribution in [0.2, 0.25) is 0 Å². The van der Waals surface area contributed by atoms with E-state index >= 15 is 0 Å². The van der Waals surface area contributed by atoms with Crippen molar-refractivity contribution in [3.63, 3.8) is 0 Å². The Balaban J connectivity index is 2.44. The van der Waals surface area contributed by atoms with Crippen LogP contribution in [0.15, 0.2) is 0 Å². The maximum absolute atomic E-state index is 11.6. The number of hydrogen-bond acceptors (Lipinski definition) is 4. The zero-order valence-corrected chi connectivity index (χ0v) is 15.1. The van der Waals surface area contributed by atoms with E-state index in [-0.39, 0.29) is 5.97 Å². The lowest BCUT2D eigenvalue weighted by atomic mass is 9.86. The molecule has 0 aromatic carbocycles. The molecule has 0 spiro atoms. The largest absolute Gasteiger partial charge is 0.469 e. The molecule has 0 saturated heterocycles. The average Bonchev–Trinajstić information content (AvgIpc) is 2.86. The molecular weight excluding hydrogens is 276 g/mol. The third kappa shape index (κ3) is 7.10. The summed E-state index contributed by atoms with van der Waals surface area (Å²) in [5.41, 5.74) is 0. The molecule has 0 aromatic rings. The van der Waals surface area contributed by atoms with Gasteiger partial charge in [-0.1, -0.05) is 26.2 Å². The molecule has 4 nitrogen and oxygen atoms in total. The maximum atomic E-state index is 11.6. The van der Waals surface area contributed by atoms with Gasteiger partial charge in [-0.15, -0.1) is 0 Å². The van der Waals surface area contributed by atoms with Gasteiger partial charge in [0.2, 0.25) is 0 Å². The normalized spacial score (nSPS) is 24.9. The Morgan fingerprint density at radius 3 is 2.64 bits per heavy atom. The van der Waals surface area contributed by atoms with E-state index in [0.717, 1.165) is 19.5 Å². The molecule has 130 valence electrons. The van der Waals surface area contributed by atoms with Gasteiger partial charge in [0.25, 0.3) is 0 Å². The third-order valence-corrected chi connectivity index (χ3v) is 4.96. The highest BCUT2D eigenvalue weighted by atomic mass is 16.5. The van der Waals surface area contributed by atoms with E-state index in [2.05, 4.69) is 31.2 Å². The Kier molecular flexibility index (Phi) is 9.73. The number of nitrogens with zero attached hydrogens (tertiary/aromatic N) is 1. The molecule has 0 aromatic heterocycles. The quantitative estimate of drug-likeness (QED) is 0.470. The number of ether oxygens (including phenoxy) is 1. The fraction of sp³-hybridized carbons (Fsp3) is 0.944. The van der Waals surface area contributed by atoms with Crippen molar-refractivity contribution in [1.82, 2.24) is 10.2 Å². The topological polar surface area (TPSA) is 41.6 Å². The number of esters is 1. The van der Waals surface area contributed by atoms with Crippen LogP contribution < -0.4 is 5.32 Å². The molecule has 0 bridgehead atoms. The van der Waals surface area contributed by atoms with Crippen LogP contribution in [0.1, 0.15) is 58.3 Å². The summed E-state index contributed by atoms with van der Waals surface area (Å²) in [6, 6.07) is 0.591. The van der Waals surface area contributed by atoms with Crippen LogP contribution in [-0.2, 0) is 9.53 Å². The van der Waals surface area contributed by atoms with Gasteiger partial charge in [0.05, 0.1) is 7.11 Å². The van der Waals surface area contributed by atoms with E-state index in [1.54, 1.807) is 0 Å². The fourth-order valence-corrected chi connectivity index (χ4v) is 3.70. The molecular formula is C18H36N2O2. The second-order valence-corrected chi connectivity index (χ2v) is 6.99. The van der Waals surface area contributed by atoms with Gasteiger partial charge < -0.3 is 15.0 Å². The van der Waals surface area contributed by atoms with Crippen LogP contribution in [0.25, 0.3) is 0 Å². The van der Waals surface area contributed by atoms with Crippen LogP contribution in [0.5, 0.6) is 0 Å². The van der Waals surface area contributed by atoms with Crippen molar-refractivity contribution in [3.05, 3.63) is 0 Å². The number of carbonyl (C=O) groups is 1. The molecule has 0 radical (unpaired) electrons. The van der Waals surface area contributed by atoms with Gasteiger partial charge in [-0.3, -0.25) is 4.79 Å². The lowest BCUT2D eigenvalue weighted by Crippen LogP contribution is -2.36. The van der Waals surface area contributed by atoms with Crippen LogP contribution in [0, 0.1) is 11.8 Å². The minimum atomic E-state index is -0.0428. The summed E-state index contributed by atoms with van der Waals surface area (Å²) in [5, 5.41) is 3.76. The number of hydrogen-bond donors (Lipinski definition) is 1. The van der Waals surface area contributed by atoms with Gasteiger partial charge >= 0.3 is 5.97 Å². The summed E-state index contributed by atoms with van der Waals surface area (Å²) in [6.45, 7) is 4.46. The molecule has 1 aliphatic carbocycles. The Morgan fingerprint density at radius 2 is 2.00 bits per heavy atom. The number of methoxy groups -OCH3 is 1. The molecule has 0 aliphatic heterocycles. The summed E-state index contributed by atoms with van der Waals surface area (Å²) < 4.78 is 4.88. The van der Waals surface area contributed by atoms with Gasteiger partial charge in [0, 0.05) is 12.5 Å². The van der Waals surface area contributed by atoms with Crippen molar-refractivity contribution in [2.45, 2.75) is 64.3 Å². The fourth-order valence-electron chi connectivity index (χ4n) is 3.70. The number of unbranched alkanes of at least 4 members (excludes halogenated alkanes) is 2. The number of nitrogens with one attached hydrogen (secondary N) is 1. The summed E-state index contributed by atoms with van der Waals surface area (Å²) in [4.78, 5) is 13.9. The highest BCUT2D eigenvalue weighted by molar-refractivity contribution is 5.69. The zero-order valence-electron chi connectivity index (χ0n) is 15.1. The summed E-state index contributed by atoms with van der Waals surface area (Å²) in [7, 11) is 5.74. The number of rotatable bonds is 11. The highest BCUT2D eigenvalue weighted by Gasteiger charge is 2.36. The van der Waals surface area contributed by atoms with E-state index in [9.17, 15) is 4.79 Å². The van der Waals surface area contributed by atoms with E-state index in [0.29, 0.717) is 24.3 Å². The Labute approximate surface area is 137 Å². The summed E-state index contributed by atoms with van der Waals surface area (Å²) >= 11 is 0. The monoisotopic (exact) mass is 312 g/mol. The first-order chi connectivity index (χ1) is 10.6. The number of carbonyl (C=O) groups excluding carboxylic acids is 1. The van der Waals surface area contributed by atoms with Crippen molar-refractivity contribution in [1.29, 1.82) is 0 Å². The second kappa shape index (κ2) is 11.0. The molecule has 1 saturated carbocycles. The molecule has 1 N–H and O–H groups in total. The van der Waals surface area contributed by atoms with Crippen molar-refractivity contribution in [2.24, 2.45) is 11.8 Å². The molecule has 22 heavy (non-hydrogen) atoms. The molecule has 0 heterocycles. The lowest BCUT2D eigenvalue weighted by molar-refractivity contribution is -0.142. The van der Waals surface area contributed by atoms with Gasteiger partial charge in [0.1, 0.15) is 0 Å². The lowest BCUT2D eigenvalue weighted by Gasteiger charge is -2.26. The molecule has 3 atom stereocenters. The molecule has 0 amide bonds. The van der Waals surface area contributed by atoms with E-state index in [4.69, 9.17) is 4.74 Å². The molecule has 1 aliphatic rings. The molecule has 4 heteroatoms. The minimum absolute atomic E-state index is 0.0428. The summed E-state index contributed by atoms with van der Waals surface area (Å²) in [6.07, 6.45) is 9.26. The van der Waals surface area contributed by atoms with Gasteiger partial charge in [-0.05, 0) is 64.7 Å². The van der Waals surface area contributed by atoms with Gasteiger partial charge in [0.15, 0.2) is 0 Å². The van der Waals surface area contributed by atoms with E-state index in [1.165, 1.54) is 45.6 Å². The van der Waals surface area contributed by atoms with Crippen molar-refractivity contribution >= 4 is 5.97 Å². The maximum Gasteiger partial charge on any atom is 0.305 e. The first-order valence-corrected chi connectivity index (χ1v) is 9.03. The third-order valence-electron chi connectivity index (χ3n) is 4.96. The Hall–Kier alpha value is -0.610. The average molecular weight is 312 g/mol. The van der Waals surface area contributed by atoms with Crippen LogP contribution >= 0.6 is 0 Å². The highest BCUT2D eigenvalue weighted by Crippen LogP contribution is 2.38. The first kappa shape index (κ1) is 19.4. The van der Waals surface area contributed by atoms with Crippen LogP contribution in [0.3, 0.4) is 0 Å². The standard InChI is InChI=1S/C18H36N2O2/c1-5-6-7-9-16-15(14-18(21)22-4)10-11-17(16)19-12-8-13-20(2)3/h15-17,19H,5-14H2,1-4H3/t15-,16-,17-/m0/s1. The van der Waals surface area contributed by atoms with Gasteiger partial charge in [-0.25, -0.2) is 0 Å². The second-order valence-electron chi connectivity index (χ2n) is 6.99.